The third-order valence-electron chi connectivity index (χ3n) is 3.25. The first-order chi connectivity index (χ1) is 9.86. The Labute approximate surface area is 124 Å². The van der Waals surface area contributed by atoms with E-state index in [1.807, 2.05) is 30.3 Å². The Morgan fingerprint density at radius 2 is 1.76 bits per heavy atom. The monoisotopic (exact) mass is 285 g/mol. The third kappa shape index (κ3) is 4.05. The highest BCUT2D eigenvalue weighted by Gasteiger charge is 2.13. The van der Waals surface area contributed by atoms with E-state index in [1.165, 1.54) is 17.7 Å². The number of rotatable bonds is 4. The molecule has 0 aromatic heterocycles. The number of nitro benzene ring substituents is 1. The second-order valence-corrected chi connectivity index (χ2v) is 5.99. The molecule has 0 aliphatic rings. The van der Waals surface area contributed by atoms with E-state index in [2.05, 4.69) is 20.8 Å². The molecular formula is C17H19NO3. The zero-order valence-corrected chi connectivity index (χ0v) is 12.5. The van der Waals surface area contributed by atoms with Crippen LogP contribution in [0.3, 0.4) is 0 Å². The number of benzene rings is 2. The van der Waals surface area contributed by atoms with Crippen LogP contribution in [-0.2, 0) is 12.0 Å². The Hall–Kier alpha value is -2.36. The molecule has 0 heterocycles. The van der Waals surface area contributed by atoms with Gasteiger partial charge in [-0.05, 0) is 28.7 Å². The van der Waals surface area contributed by atoms with Gasteiger partial charge in [0.05, 0.1) is 4.92 Å². The molecule has 0 amide bonds. The molecule has 2 rings (SSSR count). The number of ether oxygens (including phenoxy) is 1. The lowest BCUT2D eigenvalue weighted by Gasteiger charge is -2.19. The summed E-state index contributed by atoms with van der Waals surface area (Å²) in [6.07, 6.45) is 0. The Bertz CT molecular complexity index is 627. The van der Waals surface area contributed by atoms with E-state index in [-0.39, 0.29) is 11.1 Å². The highest BCUT2D eigenvalue weighted by molar-refractivity contribution is 5.35. The molecule has 21 heavy (non-hydrogen) atoms. The molecule has 0 bridgehead atoms. The van der Waals surface area contributed by atoms with Gasteiger partial charge in [0.2, 0.25) is 0 Å². The smallest absolute Gasteiger partial charge is 0.269 e. The van der Waals surface area contributed by atoms with Crippen LogP contribution in [0.4, 0.5) is 5.69 Å². The van der Waals surface area contributed by atoms with Crippen molar-refractivity contribution in [2.24, 2.45) is 0 Å². The maximum absolute atomic E-state index is 10.7. The summed E-state index contributed by atoms with van der Waals surface area (Å²) in [6, 6.07) is 14.4. The zero-order chi connectivity index (χ0) is 15.5. The van der Waals surface area contributed by atoms with Crippen molar-refractivity contribution in [1.29, 1.82) is 0 Å². The summed E-state index contributed by atoms with van der Waals surface area (Å²) in [7, 11) is 0. The van der Waals surface area contributed by atoms with Gasteiger partial charge in [0.15, 0.2) is 0 Å². The minimum absolute atomic E-state index is 0.0826. The molecule has 110 valence electrons. The minimum atomic E-state index is -0.401. The molecule has 0 unspecified atom stereocenters. The molecule has 2 aromatic rings. The van der Waals surface area contributed by atoms with Gasteiger partial charge in [0, 0.05) is 12.1 Å². The fraction of sp³-hybridized carbons (Fsp3) is 0.294. The van der Waals surface area contributed by atoms with Crippen LogP contribution in [0.2, 0.25) is 0 Å². The van der Waals surface area contributed by atoms with Gasteiger partial charge in [-0.2, -0.15) is 0 Å². The second kappa shape index (κ2) is 5.95. The Balaban J connectivity index is 2.03. The molecule has 0 aliphatic carbocycles. The molecule has 0 saturated carbocycles. The molecular weight excluding hydrogens is 266 g/mol. The van der Waals surface area contributed by atoms with Crippen LogP contribution >= 0.6 is 0 Å². The predicted octanol–water partition coefficient (Wildman–Crippen LogP) is 4.47. The van der Waals surface area contributed by atoms with Crippen LogP contribution in [-0.4, -0.2) is 4.92 Å². The Kier molecular flexibility index (Phi) is 4.26. The van der Waals surface area contributed by atoms with E-state index >= 15 is 0 Å². The van der Waals surface area contributed by atoms with E-state index in [0.717, 1.165) is 11.3 Å². The van der Waals surface area contributed by atoms with Gasteiger partial charge in [0.25, 0.3) is 5.69 Å². The van der Waals surface area contributed by atoms with Crippen LogP contribution in [0.5, 0.6) is 5.75 Å². The SMILES string of the molecule is CC(C)(C)c1ccc(OCc2cccc([N+](=O)[O-])c2)cc1. The summed E-state index contributed by atoms with van der Waals surface area (Å²) in [5.74, 6) is 0.759. The first-order valence-corrected chi connectivity index (χ1v) is 6.83. The van der Waals surface area contributed by atoms with E-state index in [1.54, 1.807) is 6.07 Å². The summed E-state index contributed by atoms with van der Waals surface area (Å²) in [4.78, 5) is 10.3. The first kappa shape index (κ1) is 15.0. The standard InChI is InChI=1S/C17H19NO3/c1-17(2,3)14-7-9-16(10-8-14)21-12-13-5-4-6-15(11-13)18(19)20/h4-11H,12H2,1-3H3. The van der Waals surface area contributed by atoms with Crippen molar-refractivity contribution in [3.05, 3.63) is 69.8 Å². The summed E-state index contributed by atoms with van der Waals surface area (Å²) in [6.45, 7) is 6.79. The molecule has 0 aliphatic heterocycles. The fourth-order valence-electron chi connectivity index (χ4n) is 1.98. The van der Waals surface area contributed by atoms with E-state index in [0.29, 0.717) is 6.61 Å². The molecule has 0 N–H and O–H groups in total. The van der Waals surface area contributed by atoms with Crippen molar-refractivity contribution in [1.82, 2.24) is 0 Å². The van der Waals surface area contributed by atoms with Crippen molar-refractivity contribution in [2.75, 3.05) is 0 Å². The summed E-state index contributed by atoms with van der Waals surface area (Å²) >= 11 is 0. The molecule has 0 atom stereocenters. The van der Waals surface area contributed by atoms with Gasteiger partial charge in [-0.1, -0.05) is 45.0 Å². The largest absolute Gasteiger partial charge is 0.489 e. The van der Waals surface area contributed by atoms with Crippen molar-refractivity contribution in [3.63, 3.8) is 0 Å². The normalized spacial score (nSPS) is 11.2. The van der Waals surface area contributed by atoms with E-state index in [4.69, 9.17) is 4.74 Å². The van der Waals surface area contributed by atoms with Gasteiger partial charge >= 0.3 is 0 Å². The summed E-state index contributed by atoms with van der Waals surface area (Å²) < 4.78 is 5.67. The topological polar surface area (TPSA) is 52.4 Å². The number of nitro groups is 1. The number of hydrogen-bond acceptors (Lipinski definition) is 3. The number of non-ortho nitro benzene ring substituents is 1. The summed E-state index contributed by atoms with van der Waals surface area (Å²) in [5.41, 5.74) is 2.21. The van der Waals surface area contributed by atoms with Crippen LogP contribution in [0, 0.1) is 10.1 Å². The Morgan fingerprint density at radius 1 is 1.10 bits per heavy atom. The third-order valence-corrected chi connectivity index (χ3v) is 3.25. The van der Waals surface area contributed by atoms with E-state index < -0.39 is 4.92 Å². The van der Waals surface area contributed by atoms with Crippen molar-refractivity contribution in [3.8, 4) is 5.75 Å². The average molecular weight is 285 g/mol. The van der Waals surface area contributed by atoms with Crippen LogP contribution < -0.4 is 4.74 Å². The molecule has 4 nitrogen and oxygen atoms in total. The quantitative estimate of drug-likeness (QED) is 0.615. The van der Waals surface area contributed by atoms with Crippen molar-refractivity contribution in [2.45, 2.75) is 32.8 Å². The highest BCUT2D eigenvalue weighted by Crippen LogP contribution is 2.24. The van der Waals surface area contributed by atoms with Gasteiger partial charge in [-0.15, -0.1) is 0 Å². The fourth-order valence-corrected chi connectivity index (χ4v) is 1.98. The lowest BCUT2D eigenvalue weighted by Crippen LogP contribution is -2.10. The lowest BCUT2D eigenvalue weighted by atomic mass is 9.87. The second-order valence-electron chi connectivity index (χ2n) is 5.99. The van der Waals surface area contributed by atoms with Crippen LogP contribution in [0.1, 0.15) is 31.9 Å². The molecule has 0 spiro atoms. The maximum Gasteiger partial charge on any atom is 0.269 e. The van der Waals surface area contributed by atoms with E-state index in [9.17, 15) is 10.1 Å². The van der Waals surface area contributed by atoms with Gasteiger partial charge in [-0.3, -0.25) is 10.1 Å². The van der Waals surface area contributed by atoms with Crippen LogP contribution in [0.25, 0.3) is 0 Å². The van der Waals surface area contributed by atoms with Crippen molar-refractivity contribution < 1.29 is 9.66 Å². The average Bonchev–Trinajstić information content (AvgIpc) is 2.45. The Morgan fingerprint density at radius 3 is 2.33 bits per heavy atom. The number of nitrogens with zero attached hydrogens (tertiary/aromatic N) is 1. The van der Waals surface area contributed by atoms with Crippen LogP contribution in [0.15, 0.2) is 48.5 Å². The predicted molar refractivity (Wildman–Crippen MR) is 82.6 cm³/mol. The first-order valence-electron chi connectivity index (χ1n) is 6.83. The lowest BCUT2D eigenvalue weighted by molar-refractivity contribution is -0.384. The van der Waals surface area contributed by atoms with Gasteiger partial charge < -0.3 is 4.74 Å². The molecule has 4 heteroatoms. The van der Waals surface area contributed by atoms with Gasteiger partial charge in [0.1, 0.15) is 12.4 Å². The molecule has 0 fully saturated rings. The minimum Gasteiger partial charge on any atom is -0.489 e. The van der Waals surface area contributed by atoms with Gasteiger partial charge in [-0.25, -0.2) is 0 Å². The highest BCUT2D eigenvalue weighted by atomic mass is 16.6. The zero-order valence-electron chi connectivity index (χ0n) is 12.5. The molecule has 2 aromatic carbocycles. The maximum atomic E-state index is 10.7. The molecule has 0 radical (unpaired) electrons. The molecule has 0 saturated heterocycles. The van der Waals surface area contributed by atoms with Crippen molar-refractivity contribution >= 4 is 5.69 Å². The summed E-state index contributed by atoms with van der Waals surface area (Å²) in [5, 5.41) is 10.7. The number of hydrogen-bond donors (Lipinski definition) is 0.